The summed E-state index contributed by atoms with van der Waals surface area (Å²) < 4.78 is 0. The van der Waals surface area contributed by atoms with Crippen molar-refractivity contribution >= 4 is 0 Å². The molecule has 7 heavy (non-hydrogen) atoms. The van der Waals surface area contributed by atoms with E-state index in [-0.39, 0.29) is 0 Å². The molecule has 0 spiro atoms. The Balaban J connectivity index is 2.38. The van der Waals surface area contributed by atoms with Gasteiger partial charge in [0.2, 0.25) is 0 Å². The van der Waals surface area contributed by atoms with E-state index in [1.54, 1.807) is 0 Å². The molecule has 1 saturated heterocycles. The van der Waals surface area contributed by atoms with E-state index in [2.05, 4.69) is 25.3 Å². The Morgan fingerprint density at radius 1 is 1.86 bits per heavy atom. The molecule has 1 atom stereocenters. The van der Waals surface area contributed by atoms with Crippen LogP contribution < -0.4 is 0 Å². The lowest BCUT2D eigenvalue weighted by molar-refractivity contribution is 0.565. The lowest BCUT2D eigenvalue weighted by atomic mass is 10.5. The molecule has 40 valence electrons. The Hall–Kier alpha value is -0.460. The maximum Gasteiger partial charge on any atom is 0.0653 e. The molecule has 0 amide bonds. The third kappa shape index (κ3) is 0.521. The Labute approximate surface area is 44.6 Å². The molecule has 1 heterocycles. The van der Waals surface area contributed by atoms with E-state index in [1.807, 2.05) is 0 Å². The number of rotatable bonds is 1. The van der Waals surface area contributed by atoms with Gasteiger partial charge < -0.3 is 4.90 Å². The Morgan fingerprint density at radius 3 is 2.29 bits per heavy atom. The van der Waals surface area contributed by atoms with Crippen LogP contribution in [0.15, 0.2) is 12.3 Å². The zero-order chi connectivity index (χ0) is 5.44. The summed E-state index contributed by atoms with van der Waals surface area (Å²) in [6.07, 6.45) is 0. The van der Waals surface area contributed by atoms with Gasteiger partial charge in [-0.3, -0.25) is 0 Å². The van der Waals surface area contributed by atoms with Crippen molar-refractivity contribution in [3.05, 3.63) is 12.3 Å². The van der Waals surface area contributed by atoms with E-state index in [0.717, 1.165) is 6.54 Å². The Morgan fingerprint density at radius 2 is 2.29 bits per heavy atom. The van der Waals surface area contributed by atoms with Gasteiger partial charge in [0.15, 0.2) is 0 Å². The number of likely N-dealkylation sites (N-methyl/N-ethyl adjacent to an activating group) is 1. The zero-order valence-corrected chi connectivity index (χ0v) is 4.94. The first-order chi connectivity index (χ1) is 3.27. The molecule has 1 unspecified atom stereocenters. The summed E-state index contributed by atoms with van der Waals surface area (Å²) in [6, 6.07) is 0.671. The predicted molar refractivity (Wildman–Crippen MR) is 31.0 cm³/mol. The van der Waals surface area contributed by atoms with E-state index < -0.39 is 0 Å². The van der Waals surface area contributed by atoms with Gasteiger partial charge in [-0.25, -0.2) is 0 Å². The summed E-state index contributed by atoms with van der Waals surface area (Å²) in [7, 11) is 0. The highest BCUT2D eigenvalue weighted by Gasteiger charge is 2.31. The van der Waals surface area contributed by atoms with E-state index in [0.29, 0.717) is 6.04 Å². The van der Waals surface area contributed by atoms with Gasteiger partial charge in [0, 0.05) is 12.2 Å². The smallest absolute Gasteiger partial charge is 0.0653 e. The first-order valence-corrected chi connectivity index (χ1v) is 2.72. The minimum absolute atomic E-state index is 0.671. The van der Waals surface area contributed by atoms with Crippen molar-refractivity contribution in [2.45, 2.75) is 19.9 Å². The van der Waals surface area contributed by atoms with Crippen LogP contribution >= 0.6 is 0 Å². The molecule has 1 fully saturated rings. The summed E-state index contributed by atoms with van der Waals surface area (Å²) in [4.78, 5) is 2.26. The van der Waals surface area contributed by atoms with E-state index >= 15 is 0 Å². The average Bonchev–Trinajstić information content (AvgIpc) is 2.17. The van der Waals surface area contributed by atoms with Gasteiger partial charge in [0.1, 0.15) is 0 Å². The van der Waals surface area contributed by atoms with Gasteiger partial charge in [-0.15, -0.1) is 0 Å². The van der Waals surface area contributed by atoms with Crippen molar-refractivity contribution in [2.24, 2.45) is 0 Å². The third-order valence-corrected chi connectivity index (χ3v) is 1.59. The maximum absolute atomic E-state index is 3.83. The van der Waals surface area contributed by atoms with E-state index in [4.69, 9.17) is 0 Å². The third-order valence-electron chi connectivity index (χ3n) is 1.59. The summed E-state index contributed by atoms with van der Waals surface area (Å²) in [5.41, 5.74) is 1.29. The van der Waals surface area contributed by atoms with Crippen molar-refractivity contribution in [2.75, 3.05) is 6.54 Å². The first-order valence-electron chi connectivity index (χ1n) is 2.72. The van der Waals surface area contributed by atoms with Gasteiger partial charge in [0.25, 0.3) is 0 Å². The van der Waals surface area contributed by atoms with Crippen LogP contribution in [-0.2, 0) is 0 Å². The van der Waals surface area contributed by atoms with Crippen molar-refractivity contribution in [1.29, 1.82) is 0 Å². The van der Waals surface area contributed by atoms with Crippen molar-refractivity contribution in [3.8, 4) is 0 Å². The fourth-order valence-electron chi connectivity index (χ4n) is 0.885. The van der Waals surface area contributed by atoms with Gasteiger partial charge in [-0.05, 0) is 13.8 Å². The average molecular weight is 97.2 g/mol. The Bertz CT molecular complexity index is 96.4. The van der Waals surface area contributed by atoms with Crippen LogP contribution in [0.25, 0.3) is 0 Å². The fourth-order valence-corrected chi connectivity index (χ4v) is 0.885. The van der Waals surface area contributed by atoms with E-state index in [1.165, 1.54) is 5.70 Å². The highest BCUT2D eigenvalue weighted by molar-refractivity contribution is 5.20. The molecule has 0 radical (unpaired) electrons. The highest BCUT2D eigenvalue weighted by atomic mass is 15.3. The van der Waals surface area contributed by atoms with Gasteiger partial charge >= 0.3 is 0 Å². The molecule has 0 aliphatic carbocycles. The molecule has 0 N–H and O–H groups in total. The number of nitrogens with zero attached hydrogens (tertiary/aromatic N) is 1. The zero-order valence-electron chi connectivity index (χ0n) is 4.94. The lowest BCUT2D eigenvalue weighted by Gasteiger charge is -1.89. The van der Waals surface area contributed by atoms with E-state index in [9.17, 15) is 0 Å². The Kier molecular flexibility index (Phi) is 0.841. The quantitative estimate of drug-likeness (QED) is 0.445. The lowest BCUT2D eigenvalue weighted by Crippen LogP contribution is -1.94. The molecular formula is C6H11N. The SMILES string of the molecule is C=C1C(C)N1CC. The molecular weight excluding hydrogens is 86.1 g/mol. The monoisotopic (exact) mass is 97.1 g/mol. The molecule has 0 aromatic heterocycles. The first kappa shape index (κ1) is 4.69. The second kappa shape index (κ2) is 1.25. The minimum Gasteiger partial charge on any atom is -0.366 e. The predicted octanol–water partition coefficient (Wildman–Crippen LogP) is 1.22. The maximum atomic E-state index is 3.83. The van der Waals surface area contributed by atoms with Crippen molar-refractivity contribution < 1.29 is 0 Å². The molecule has 0 aromatic rings. The molecule has 0 saturated carbocycles. The number of hydrogen-bond acceptors (Lipinski definition) is 1. The largest absolute Gasteiger partial charge is 0.366 e. The molecule has 0 bridgehead atoms. The molecule has 1 rings (SSSR count). The molecule has 1 aliphatic heterocycles. The molecule has 1 aliphatic rings. The molecule has 1 nitrogen and oxygen atoms in total. The second-order valence-electron chi connectivity index (χ2n) is 1.95. The molecule has 0 aromatic carbocycles. The van der Waals surface area contributed by atoms with Crippen molar-refractivity contribution in [1.82, 2.24) is 4.90 Å². The van der Waals surface area contributed by atoms with Crippen LogP contribution in [0, 0.1) is 0 Å². The normalized spacial score (nSPS) is 28.6. The number of hydrogen-bond donors (Lipinski definition) is 0. The second-order valence-corrected chi connectivity index (χ2v) is 1.95. The molecule has 1 heteroatoms. The van der Waals surface area contributed by atoms with Gasteiger partial charge in [-0.1, -0.05) is 6.58 Å². The van der Waals surface area contributed by atoms with Crippen LogP contribution in [0.5, 0.6) is 0 Å². The van der Waals surface area contributed by atoms with Gasteiger partial charge in [-0.2, -0.15) is 0 Å². The van der Waals surface area contributed by atoms with Crippen LogP contribution in [-0.4, -0.2) is 17.5 Å². The van der Waals surface area contributed by atoms with Crippen LogP contribution in [0.4, 0.5) is 0 Å². The van der Waals surface area contributed by atoms with Crippen molar-refractivity contribution in [3.63, 3.8) is 0 Å². The fraction of sp³-hybridized carbons (Fsp3) is 0.667. The topological polar surface area (TPSA) is 3.01 Å². The summed E-state index contributed by atoms with van der Waals surface area (Å²) in [5.74, 6) is 0. The summed E-state index contributed by atoms with van der Waals surface area (Å²) >= 11 is 0. The van der Waals surface area contributed by atoms with Crippen LogP contribution in [0.2, 0.25) is 0 Å². The highest BCUT2D eigenvalue weighted by Crippen LogP contribution is 2.28. The van der Waals surface area contributed by atoms with Gasteiger partial charge in [0.05, 0.1) is 6.04 Å². The van der Waals surface area contributed by atoms with Crippen LogP contribution in [0.3, 0.4) is 0 Å². The summed E-state index contributed by atoms with van der Waals surface area (Å²) in [6.45, 7) is 9.27. The van der Waals surface area contributed by atoms with Crippen LogP contribution in [0.1, 0.15) is 13.8 Å². The standard InChI is InChI=1S/C6H11N/c1-4-7-5(2)6(7)3/h6H,2,4H2,1,3H3. The minimum atomic E-state index is 0.671. The summed E-state index contributed by atoms with van der Waals surface area (Å²) in [5, 5.41) is 0.